The molecule has 2 N–H and O–H groups in total. The highest BCUT2D eigenvalue weighted by molar-refractivity contribution is 9.10. The number of fused-ring (bicyclic) bond motifs is 3. The topological polar surface area (TPSA) is 63.2 Å². The summed E-state index contributed by atoms with van der Waals surface area (Å²) in [6.07, 6.45) is 0. The summed E-state index contributed by atoms with van der Waals surface area (Å²) in [5, 5.41) is 8.01. The molecule has 0 aromatic carbocycles. The van der Waals surface area contributed by atoms with Crippen molar-refractivity contribution in [1.82, 2.24) is 24.8 Å². The van der Waals surface area contributed by atoms with Gasteiger partial charge in [-0.1, -0.05) is 5.21 Å². The molecule has 3 aliphatic heterocycles. The van der Waals surface area contributed by atoms with Gasteiger partial charge in [0.25, 0.3) is 0 Å². The van der Waals surface area contributed by atoms with Crippen LogP contribution in [0, 0.1) is 0 Å². The maximum absolute atomic E-state index is 6.40. The molecule has 2 bridgehead atoms. The third kappa shape index (κ3) is 1.91. The van der Waals surface area contributed by atoms with Gasteiger partial charge in [-0.25, -0.2) is 4.68 Å². The molecule has 1 aromatic rings. The molecule has 0 aliphatic carbocycles. The SMILES string of the molecule is Cn1nnc(Br)c1C(N)C1CN2CCN1CC2. The van der Waals surface area contributed by atoms with Crippen LogP contribution in [0.1, 0.15) is 11.7 Å². The fraction of sp³-hybridized carbons (Fsp3) is 0.800. The Kier molecular flexibility index (Phi) is 2.94. The Labute approximate surface area is 109 Å². The van der Waals surface area contributed by atoms with Crippen molar-refractivity contribution >= 4 is 15.9 Å². The summed E-state index contributed by atoms with van der Waals surface area (Å²) in [5.74, 6) is 0. The zero-order chi connectivity index (χ0) is 12.0. The first-order chi connectivity index (χ1) is 8.16. The van der Waals surface area contributed by atoms with Crippen molar-refractivity contribution in [3.63, 3.8) is 0 Å². The maximum Gasteiger partial charge on any atom is 0.153 e. The molecule has 4 rings (SSSR count). The van der Waals surface area contributed by atoms with Crippen LogP contribution in [0.25, 0.3) is 0 Å². The lowest BCUT2D eigenvalue weighted by Crippen LogP contribution is -2.63. The predicted octanol–water partition coefficient (Wildman–Crippen LogP) is -0.423. The zero-order valence-electron chi connectivity index (χ0n) is 9.88. The van der Waals surface area contributed by atoms with E-state index in [4.69, 9.17) is 5.73 Å². The van der Waals surface area contributed by atoms with Crippen LogP contribution in [0.3, 0.4) is 0 Å². The molecule has 2 atom stereocenters. The first kappa shape index (κ1) is 11.6. The third-order valence-electron chi connectivity index (χ3n) is 3.88. The van der Waals surface area contributed by atoms with Crippen LogP contribution in [0.2, 0.25) is 0 Å². The number of nitrogens with zero attached hydrogens (tertiary/aromatic N) is 5. The number of hydrogen-bond acceptors (Lipinski definition) is 5. The second kappa shape index (κ2) is 4.31. The van der Waals surface area contributed by atoms with E-state index >= 15 is 0 Å². The van der Waals surface area contributed by atoms with Gasteiger partial charge < -0.3 is 5.73 Å². The predicted molar refractivity (Wildman–Crippen MR) is 67.4 cm³/mol. The lowest BCUT2D eigenvalue weighted by Gasteiger charge is -2.49. The molecule has 1 aromatic heterocycles. The molecule has 17 heavy (non-hydrogen) atoms. The van der Waals surface area contributed by atoms with Gasteiger partial charge in [-0.2, -0.15) is 0 Å². The average Bonchev–Trinajstić information content (AvgIpc) is 2.70. The first-order valence-electron chi connectivity index (χ1n) is 5.94. The van der Waals surface area contributed by atoms with Crippen molar-refractivity contribution in [2.24, 2.45) is 12.8 Å². The van der Waals surface area contributed by atoms with Crippen molar-refractivity contribution in [1.29, 1.82) is 0 Å². The fourth-order valence-corrected chi connectivity index (χ4v) is 3.46. The van der Waals surface area contributed by atoms with Gasteiger partial charge in [-0.05, 0) is 15.9 Å². The summed E-state index contributed by atoms with van der Waals surface area (Å²) in [6, 6.07) is 0.346. The van der Waals surface area contributed by atoms with Crippen LogP contribution in [-0.2, 0) is 7.05 Å². The highest BCUT2D eigenvalue weighted by Crippen LogP contribution is 2.28. The molecular weight excluding hydrogens is 284 g/mol. The molecule has 4 heterocycles. The largest absolute Gasteiger partial charge is 0.321 e. The number of piperazine rings is 3. The highest BCUT2D eigenvalue weighted by Gasteiger charge is 2.37. The summed E-state index contributed by atoms with van der Waals surface area (Å²) < 4.78 is 2.54. The highest BCUT2D eigenvalue weighted by atomic mass is 79.9. The average molecular weight is 301 g/mol. The minimum absolute atomic E-state index is 0.0347. The molecular formula is C10H17BrN6. The summed E-state index contributed by atoms with van der Waals surface area (Å²) in [4.78, 5) is 4.98. The Hall–Kier alpha value is -0.500. The molecule has 7 heteroatoms. The van der Waals surface area contributed by atoms with Crippen molar-refractivity contribution in [3.8, 4) is 0 Å². The van der Waals surface area contributed by atoms with Gasteiger partial charge in [-0.3, -0.25) is 9.80 Å². The van der Waals surface area contributed by atoms with E-state index in [0.29, 0.717) is 6.04 Å². The van der Waals surface area contributed by atoms with Crippen molar-refractivity contribution in [2.45, 2.75) is 12.1 Å². The second-order valence-electron chi connectivity index (χ2n) is 4.82. The van der Waals surface area contributed by atoms with Crippen LogP contribution in [-0.4, -0.2) is 63.6 Å². The fourth-order valence-electron chi connectivity index (χ4n) is 2.87. The molecule has 0 saturated carbocycles. The molecule has 94 valence electrons. The number of rotatable bonds is 2. The van der Waals surface area contributed by atoms with E-state index in [0.717, 1.165) is 29.9 Å². The van der Waals surface area contributed by atoms with Gasteiger partial charge in [0.15, 0.2) is 4.60 Å². The minimum atomic E-state index is -0.0347. The Bertz CT molecular complexity index is 391. The van der Waals surface area contributed by atoms with E-state index in [2.05, 4.69) is 36.0 Å². The number of aromatic nitrogens is 3. The number of halogens is 1. The van der Waals surface area contributed by atoms with Crippen LogP contribution >= 0.6 is 15.9 Å². The molecule has 3 aliphatic rings. The smallest absolute Gasteiger partial charge is 0.153 e. The standard InChI is InChI=1S/C10H17BrN6/c1-15-9(10(11)13-14-15)8(12)7-6-16-2-4-17(7)5-3-16/h7-8H,2-6,12H2,1H3. The Morgan fingerprint density at radius 3 is 2.53 bits per heavy atom. The molecule has 2 unspecified atom stereocenters. The lowest BCUT2D eigenvalue weighted by molar-refractivity contribution is 0.00103. The molecule has 0 amide bonds. The van der Waals surface area contributed by atoms with E-state index in [9.17, 15) is 0 Å². The van der Waals surface area contributed by atoms with Crippen LogP contribution < -0.4 is 5.73 Å². The molecule has 0 radical (unpaired) electrons. The molecule has 6 nitrogen and oxygen atoms in total. The van der Waals surface area contributed by atoms with Crippen molar-refractivity contribution in [3.05, 3.63) is 10.3 Å². The van der Waals surface area contributed by atoms with E-state index < -0.39 is 0 Å². The maximum atomic E-state index is 6.40. The summed E-state index contributed by atoms with van der Waals surface area (Å²) in [6.45, 7) is 5.66. The normalized spacial score (nSPS) is 33.9. The van der Waals surface area contributed by atoms with Gasteiger partial charge in [0, 0.05) is 45.8 Å². The summed E-state index contributed by atoms with van der Waals surface area (Å²) in [5.41, 5.74) is 7.39. The van der Waals surface area contributed by atoms with E-state index in [1.54, 1.807) is 4.68 Å². The Morgan fingerprint density at radius 2 is 2.06 bits per heavy atom. The number of hydrogen-bond donors (Lipinski definition) is 1. The third-order valence-corrected chi connectivity index (χ3v) is 4.44. The van der Waals surface area contributed by atoms with Gasteiger partial charge in [-0.15, -0.1) is 5.10 Å². The van der Waals surface area contributed by atoms with Gasteiger partial charge in [0.2, 0.25) is 0 Å². The number of aryl methyl sites for hydroxylation is 1. The molecule has 3 fully saturated rings. The minimum Gasteiger partial charge on any atom is -0.321 e. The van der Waals surface area contributed by atoms with Crippen LogP contribution in [0.4, 0.5) is 0 Å². The quantitative estimate of drug-likeness (QED) is 0.804. The van der Waals surface area contributed by atoms with Crippen LogP contribution in [0.15, 0.2) is 4.60 Å². The Balaban J connectivity index is 1.85. The van der Waals surface area contributed by atoms with Gasteiger partial charge in [0.1, 0.15) is 0 Å². The zero-order valence-corrected chi connectivity index (χ0v) is 11.5. The summed E-state index contributed by atoms with van der Waals surface area (Å²) >= 11 is 3.43. The monoisotopic (exact) mass is 300 g/mol. The van der Waals surface area contributed by atoms with Crippen LogP contribution in [0.5, 0.6) is 0 Å². The molecule has 3 saturated heterocycles. The van der Waals surface area contributed by atoms with Crippen molar-refractivity contribution in [2.75, 3.05) is 32.7 Å². The second-order valence-corrected chi connectivity index (χ2v) is 5.57. The first-order valence-corrected chi connectivity index (χ1v) is 6.73. The molecule has 0 spiro atoms. The van der Waals surface area contributed by atoms with E-state index in [1.165, 1.54) is 13.1 Å². The van der Waals surface area contributed by atoms with E-state index in [-0.39, 0.29) is 6.04 Å². The van der Waals surface area contributed by atoms with E-state index in [1.807, 2.05) is 7.05 Å². The number of nitrogens with two attached hydrogens (primary N) is 1. The van der Waals surface area contributed by atoms with Crippen molar-refractivity contribution < 1.29 is 0 Å². The summed E-state index contributed by atoms with van der Waals surface area (Å²) in [7, 11) is 1.89. The lowest BCUT2D eigenvalue weighted by atomic mass is 9.99. The van der Waals surface area contributed by atoms with Gasteiger partial charge in [0.05, 0.1) is 11.7 Å². The Morgan fingerprint density at radius 1 is 1.35 bits per heavy atom. The van der Waals surface area contributed by atoms with Gasteiger partial charge >= 0.3 is 0 Å².